The number of allylic oxidation sites excluding steroid dienone is 2. The normalized spacial score (nSPS) is 14.3. The van der Waals surface area contributed by atoms with E-state index in [1.54, 1.807) is 18.3 Å². The van der Waals surface area contributed by atoms with E-state index >= 15 is 0 Å². The van der Waals surface area contributed by atoms with Crippen molar-refractivity contribution >= 4 is 0 Å². The third-order valence-corrected chi connectivity index (χ3v) is 2.53. The summed E-state index contributed by atoms with van der Waals surface area (Å²) in [6, 6.07) is 5.49. The lowest BCUT2D eigenvalue weighted by atomic mass is 10.00. The van der Waals surface area contributed by atoms with Gasteiger partial charge in [0.1, 0.15) is 5.69 Å². The molecule has 0 unspecified atom stereocenters. The molecule has 0 aliphatic heterocycles. The Morgan fingerprint density at radius 3 is 2.94 bits per heavy atom. The van der Waals surface area contributed by atoms with E-state index in [4.69, 9.17) is 5.26 Å². The molecular weight excluding hydrogens is 196 g/mol. The fourth-order valence-electron chi connectivity index (χ4n) is 1.66. The maximum Gasteiger partial charge on any atom is 0.114 e. The Bertz CT molecular complexity index is 510. The van der Waals surface area contributed by atoms with Crippen molar-refractivity contribution in [2.45, 2.75) is 25.7 Å². The molecule has 0 atom stereocenters. The fourth-order valence-corrected chi connectivity index (χ4v) is 1.66. The highest BCUT2D eigenvalue weighted by molar-refractivity contribution is 5.41. The molecule has 2 rings (SSSR count). The molecular formula is C14H12N2. The number of pyridine rings is 1. The first-order valence-corrected chi connectivity index (χ1v) is 5.46. The number of hydrogen-bond acceptors (Lipinski definition) is 2. The van der Waals surface area contributed by atoms with Crippen molar-refractivity contribution in [2.24, 2.45) is 0 Å². The van der Waals surface area contributed by atoms with E-state index in [1.165, 1.54) is 18.4 Å². The van der Waals surface area contributed by atoms with Gasteiger partial charge >= 0.3 is 0 Å². The first kappa shape index (κ1) is 10.5. The van der Waals surface area contributed by atoms with E-state index < -0.39 is 0 Å². The van der Waals surface area contributed by atoms with Gasteiger partial charge in [0.2, 0.25) is 0 Å². The molecule has 0 saturated heterocycles. The Labute approximate surface area is 95.6 Å². The molecule has 0 bridgehead atoms. The minimum Gasteiger partial charge on any atom is -0.248 e. The van der Waals surface area contributed by atoms with Gasteiger partial charge in [-0.25, -0.2) is 4.98 Å². The molecule has 1 heterocycles. The third kappa shape index (κ3) is 2.72. The molecule has 2 nitrogen and oxygen atoms in total. The van der Waals surface area contributed by atoms with Crippen LogP contribution in [0.2, 0.25) is 0 Å². The Morgan fingerprint density at radius 1 is 1.25 bits per heavy atom. The van der Waals surface area contributed by atoms with Crippen LogP contribution >= 0.6 is 0 Å². The zero-order chi connectivity index (χ0) is 11.2. The molecule has 0 radical (unpaired) electrons. The van der Waals surface area contributed by atoms with Crippen molar-refractivity contribution in [3.05, 3.63) is 41.2 Å². The summed E-state index contributed by atoms with van der Waals surface area (Å²) in [4.78, 5) is 4.12. The average molecular weight is 208 g/mol. The zero-order valence-electron chi connectivity index (χ0n) is 9.03. The van der Waals surface area contributed by atoms with Crippen molar-refractivity contribution < 1.29 is 0 Å². The molecule has 0 spiro atoms. The van der Waals surface area contributed by atoms with Gasteiger partial charge in [-0.1, -0.05) is 12.0 Å². The number of hydrogen-bond donors (Lipinski definition) is 0. The third-order valence-electron chi connectivity index (χ3n) is 2.53. The summed E-state index contributed by atoms with van der Waals surface area (Å²) in [5.41, 5.74) is 2.48. The summed E-state index contributed by atoms with van der Waals surface area (Å²) < 4.78 is 0. The van der Waals surface area contributed by atoms with E-state index in [9.17, 15) is 0 Å². The topological polar surface area (TPSA) is 36.7 Å². The second kappa shape index (κ2) is 5.14. The Kier molecular flexibility index (Phi) is 3.36. The highest BCUT2D eigenvalue weighted by Gasteiger charge is 1.99. The minimum absolute atomic E-state index is 0.608. The summed E-state index contributed by atoms with van der Waals surface area (Å²) in [7, 11) is 0. The van der Waals surface area contributed by atoms with Crippen LogP contribution in [0, 0.1) is 23.2 Å². The predicted molar refractivity (Wildman–Crippen MR) is 62.4 cm³/mol. The second-order valence-electron chi connectivity index (χ2n) is 3.77. The zero-order valence-corrected chi connectivity index (χ0v) is 9.03. The van der Waals surface area contributed by atoms with Crippen molar-refractivity contribution in [1.82, 2.24) is 4.98 Å². The van der Waals surface area contributed by atoms with Gasteiger partial charge in [0.05, 0.1) is 11.6 Å². The molecule has 1 aromatic rings. The second-order valence-corrected chi connectivity index (χ2v) is 3.77. The van der Waals surface area contributed by atoms with E-state index in [-0.39, 0.29) is 0 Å². The van der Waals surface area contributed by atoms with Crippen LogP contribution in [0.5, 0.6) is 0 Å². The van der Waals surface area contributed by atoms with Crippen molar-refractivity contribution in [1.29, 1.82) is 5.26 Å². The first-order chi connectivity index (χ1) is 7.88. The van der Waals surface area contributed by atoms with Gasteiger partial charge in [0.25, 0.3) is 0 Å². The lowest BCUT2D eigenvalue weighted by Gasteiger charge is -2.05. The number of nitrogens with zero attached hydrogens (tertiary/aromatic N) is 2. The van der Waals surface area contributed by atoms with Gasteiger partial charge in [0.15, 0.2) is 0 Å². The van der Waals surface area contributed by atoms with E-state index in [1.807, 2.05) is 0 Å². The molecule has 0 amide bonds. The summed E-state index contributed by atoms with van der Waals surface area (Å²) in [6.07, 6.45) is 8.53. The van der Waals surface area contributed by atoms with Crippen LogP contribution < -0.4 is 0 Å². The Morgan fingerprint density at radius 2 is 2.19 bits per heavy atom. The lowest BCUT2D eigenvalue weighted by molar-refractivity contribution is 0.715. The Hall–Kier alpha value is -2.06. The van der Waals surface area contributed by atoms with Gasteiger partial charge in [0, 0.05) is 6.20 Å². The summed E-state index contributed by atoms with van der Waals surface area (Å²) in [5, 5.41) is 8.74. The van der Waals surface area contributed by atoms with E-state index in [0.29, 0.717) is 11.3 Å². The van der Waals surface area contributed by atoms with Gasteiger partial charge in [-0.3, -0.25) is 0 Å². The number of nitriles is 1. The van der Waals surface area contributed by atoms with Crippen LogP contribution in [-0.4, -0.2) is 4.98 Å². The van der Waals surface area contributed by atoms with E-state index in [0.717, 1.165) is 12.8 Å². The summed E-state index contributed by atoms with van der Waals surface area (Å²) >= 11 is 0. The van der Waals surface area contributed by atoms with Crippen LogP contribution in [0.1, 0.15) is 36.9 Å². The molecule has 1 aromatic heterocycles. The largest absolute Gasteiger partial charge is 0.248 e. The number of rotatable bonds is 0. The molecule has 0 aromatic carbocycles. The highest BCUT2D eigenvalue weighted by atomic mass is 14.6. The molecule has 78 valence electrons. The van der Waals surface area contributed by atoms with Crippen molar-refractivity contribution in [2.75, 3.05) is 0 Å². The summed E-state index contributed by atoms with van der Waals surface area (Å²) in [6.45, 7) is 0. The van der Waals surface area contributed by atoms with Crippen LogP contribution in [0.4, 0.5) is 0 Å². The molecule has 1 aliphatic rings. The monoisotopic (exact) mass is 208 g/mol. The van der Waals surface area contributed by atoms with Crippen LogP contribution in [-0.2, 0) is 0 Å². The van der Waals surface area contributed by atoms with Crippen molar-refractivity contribution in [3.8, 4) is 17.9 Å². The molecule has 0 saturated carbocycles. The predicted octanol–water partition coefficient (Wildman–Crippen LogP) is 2.81. The lowest BCUT2D eigenvalue weighted by Crippen LogP contribution is -1.89. The van der Waals surface area contributed by atoms with Crippen LogP contribution in [0.3, 0.4) is 0 Å². The molecule has 0 fully saturated rings. The van der Waals surface area contributed by atoms with Gasteiger partial charge in [-0.05, 0) is 49.3 Å². The summed E-state index contributed by atoms with van der Waals surface area (Å²) in [5.74, 6) is 6.14. The van der Waals surface area contributed by atoms with Gasteiger partial charge in [-0.15, -0.1) is 0 Å². The van der Waals surface area contributed by atoms with Gasteiger partial charge < -0.3 is 0 Å². The highest BCUT2D eigenvalue weighted by Crippen LogP contribution is 2.16. The Balaban J connectivity index is 2.17. The average Bonchev–Trinajstić information content (AvgIpc) is 2.38. The maximum atomic E-state index is 8.74. The van der Waals surface area contributed by atoms with E-state index in [2.05, 4.69) is 29.0 Å². The van der Waals surface area contributed by atoms with Crippen molar-refractivity contribution in [3.63, 3.8) is 0 Å². The van der Waals surface area contributed by atoms with Gasteiger partial charge in [-0.2, -0.15) is 5.26 Å². The standard InChI is InChI=1S/C14H12N2/c15-11-13-8-9-16-14(10-13)7-6-12-4-2-1-3-5-12/h4,8-10H,1-3,5H2. The first-order valence-electron chi connectivity index (χ1n) is 5.46. The molecule has 1 aliphatic carbocycles. The molecule has 16 heavy (non-hydrogen) atoms. The number of aromatic nitrogens is 1. The molecule has 2 heteroatoms. The molecule has 0 N–H and O–H groups in total. The smallest absolute Gasteiger partial charge is 0.114 e. The maximum absolute atomic E-state index is 8.74. The fraction of sp³-hybridized carbons (Fsp3) is 0.286. The van der Waals surface area contributed by atoms with Crippen LogP contribution in [0.25, 0.3) is 0 Å². The quantitative estimate of drug-likeness (QED) is 0.615. The van der Waals surface area contributed by atoms with Crippen LogP contribution in [0.15, 0.2) is 30.0 Å². The minimum atomic E-state index is 0.608. The SMILES string of the molecule is N#Cc1ccnc(C#CC2=CCCCC2)c1.